The number of benzene rings is 2. The first kappa shape index (κ1) is 18.7. The monoisotopic (exact) mass is 416 g/mol. The summed E-state index contributed by atoms with van der Waals surface area (Å²) in [6.45, 7) is 4.44. The van der Waals surface area contributed by atoms with Crippen molar-refractivity contribution in [2.75, 3.05) is 20.1 Å². The lowest BCUT2D eigenvalue weighted by atomic mass is 9.63. The van der Waals surface area contributed by atoms with Crippen LogP contribution in [-0.2, 0) is 18.3 Å². The Labute approximate surface area is 176 Å². The van der Waals surface area contributed by atoms with E-state index in [9.17, 15) is 5.11 Å². The maximum Gasteiger partial charge on any atom is 0.115 e. The van der Waals surface area contributed by atoms with E-state index < -0.39 is 0 Å². The third kappa shape index (κ3) is 2.64. The Balaban J connectivity index is 1.41. The number of rotatable bonds is 4. The highest BCUT2D eigenvalue weighted by molar-refractivity contribution is 6.42. The summed E-state index contributed by atoms with van der Waals surface area (Å²) in [5.41, 5.74) is 4.35. The first-order chi connectivity index (χ1) is 13.3. The number of phenols is 1. The van der Waals surface area contributed by atoms with E-state index in [0.29, 0.717) is 33.3 Å². The lowest BCUT2D eigenvalue weighted by Gasteiger charge is -2.55. The number of hydrogen-bond acceptors (Lipinski definition) is 3. The van der Waals surface area contributed by atoms with E-state index in [1.54, 1.807) is 0 Å². The Hall–Kier alpha value is -1.26. The molecule has 1 unspecified atom stereocenters. The Morgan fingerprint density at radius 1 is 1.18 bits per heavy atom. The van der Waals surface area contributed by atoms with Crippen LogP contribution in [0.1, 0.15) is 30.0 Å². The second kappa shape index (κ2) is 6.37. The van der Waals surface area contributed by atoms with Gasteiger partial charge in [-0.25, -0.2) is 0 Å². The molecule has 1 saturated carbocycles. The van der Waals surface area contributed by atoms with Gasteiger partial charge >= 0.3 is 0 Å². The van der Waals surface area contributed by atoms with Gasteiger partial charge in [0.1, 0.15) is 5.75 Å². The third-order valence-electron chi connectivity index (χ3n) is 7.40. The minimum Gasteiger partial charge on any atom is -0.508 e. The second-order valence-electron chi connectivity index (χ2n) is 9.27. The standard InChI is InChI=1S/C23H26Cl2N2O/c1-22-12-23(11-15-4-5-16(28)10-17(15)22)13-27(2)21(23)20(22)26-8-7-14-3-6-18(24)19(25)9-14/h3-6,9-10,20-21,26,28H,7-8,11-13H2,1-2H3/t20-,21-,22-,23?/m0/s1. The molecule has 3 nitrogen and oxygen atoms in total. The van der Waals surface area contributed by atoms with Crippen LogP contribution in [0.15, 0.2) is 36.4 Å². The molecule has 0 amide bonds. The van der Waals surface area contributed by atoms with E-state index in [1.807, 2.05) is 24.3 Å². The summed E-state index contributed by atoms with van der Waals surface area (Å²) in [4.78, 5) is 2.51. The zero-order valence-electron chi connectivity index (χ0n) is 16.3. The van der Waals surface area contributed by atoms with Crippen LogP contribution in [0.3, 0.4) is 0 Å². The number of phenolic OH excluding ortho intramolecular Hbond substituents is 1. The normalized spacial score (nSPS) is 33.3. The fraction of sp³-hybridized carbons (Fsp3) is 0.478. The Kier molecular flexibility index (Phi) is 4.26. The zero-order valence-corrected chi connectivity index (χ0v) is 17.8. The molecule has 2 aromatic carbocycles. The van der Waals surface area contributed by atoms with Gasteiger partial charge in [0.15, 0.2) is 0 Å². The fourth-order valence-corrected chi connectivity index (χ4v) is 6.84. The molecule has 148 valence electrons. The van der Waals surface area contributed by atoms with Gasteiger partial charge < -0.3 is 15.3 Å². The summed E-state index contributed by atoms with van der Waals surface area (Å²) in [7, 11) is 2.25. The number of likely N-dealkylation sites (tertiary alicyclic amines) is 1. The molecular weight excluding hydrogens is 391 g/mol. The average Bonchev–Trinajstić information content (AvgIpc) is 2.80. The van der Waals surface area contributed by atoms with Crippen molar-refractivity contribution in [3.63, 3.8) is 0 Å². The van der Waals surface area contributed by atoms with Crippen LogP contribution < -0.4 is 5.32 Å². The quantitative estimate of drug-likeness (QED) is 0.773. The van der Waals surface area contributed by atoms with Gasteiger partial charge in [-0.15, -0.1) is 0 Å². The molecule has 1 heterocycles. The molecule has 5 heteroatoms. The van der Waals surface area contributed by atoms with E-state index in [-0.39, 0.29) is 5.41 Å². The maximum absolute atomic E-state index is 10.1. The molecule has 2 aromatic rings. The predicted octanol–water partition coefficient (Wildman–Crippen LogP) is 4.42. The van der Waals surface area contributed by atoms with Crippen molar-refractivity contribution in [1.82, 2.24) is 10.2 Å². The first-order valence-corrected chi connectivity index (χ1v) is 10.8. The summed E-state index contributed by atoms with van der Waals surface area (Å²) >= 11 is 12.2. The smallest absolute Gasteiger partial charge is 0.115 e. The lowest BCUT2D eigenvalue weighted by Crippen LogP contribution is -2.66. The van der Waals surface area contributed by atoms with Gasteiger partial charge in [0.25, 0.3) is 0 Å². The van der Waals surface area contributed by atoms with E-state index in [4.69, 9.17) is 23.2 Å². The van der Waals surface area contributed by atoms with Gasteiger partial charge in [0.05, 0.1) is 10.0 Å². The molecule has 1 saturated heterocycles. The van der Waals surface area contributed by atoms with E-state index >= 15 is 0 Å². The molecule has 2 bridgehead atoms. The van der Waals surface area contributed by atoms with Crippen LogP contribution in [0.2, 0.25) is 10.0 Å². The van der Waals surface area contributed by atoms with Crippen LogP contribution in [0, 0.1) is 5.41 Å². The van der Waals surface area contributed by atoms with Crippen molar-refractivity contribution in [3.05, 3.63) is 63.1 Å². The third-order valence-corrected chi connectivity index (χ3v) is 8.14. The molecule has 3 aliphatic rings. The fourth-order valence-electron chi connectivity index (χ4n) is 6.52. The summed E-state index contributed by atoms with van der Waals surface area (Å²) in [5.74, 6) is 0.373. The van der Waals surface area contributed by atoms with Crippen molar-refractivity contribution >= 4 is 23.2 Å². The number of aromatic hydroxyl groups is 1. The van der Waals surface area contributed by atoms with Crippen molar-refractivity contribution in [2.45, 2.75) is 43.7 Å². The highest BCUT2D eigenvalue weighted by atomic mass is 35.5. The van der Waals surface area contributed by atoms with Gasteiger partial charge in [-0.2, -0.15) is 0 Å². The topological polar surface area (TPSA) is 35.5 Å². The molecule has 1 aliphatic heterocycles. The van der Waals surface area contributed by atoms with Gasteiger partial charge in [0.2, 0.25) is 0 Å². The molecule has 0 radical (unpaired) electrons. The maximum atomic E-state index is 10.1. The molecule has 2 N–H and O–H groups in total. The van der Waals surface area contributed by atoms with Gasteiger partial charge in [-0.3, -0.25) is 0 Å². The number of fused-ring (bicyclic) bond motifs is 3. The molecule has 2 aliphatic carbocycles. The number of halogens is 2. The Morgan fingerprint density at radius 3 is 2.75 bits per heavy atom. The van der Waals surface area contributed by atoms with Crippen LogP contribution in [0.25, 0.3) is 0 Å². The zero-order chi connectivity index (χ0) is 19.7. The highest BCUT2D eigenvalue weighted by Gasteiger charge is 2.68. The van der Waals surface area contributed by atoms with E-state index in [2.05, 4.69) is 36.3 Å². The molecule has 1 spiro atoms. The predicted molar refractivity (Wildman–Crippen MR) is 115 cm³/mol. The van der Waals surface area contributed by atoms with Crippen LogP contribution in [-0.4, -0.2) is 42.2 Å². The first-order valence-electron chi connectivity index (χ1n) is 10.0. The van der Waals surface area contributed by atoms with E-state index in [0.717, 1.165) is 19.4 Å². The van der Waals surface area contributed by atoms with E-state index in [1.165, 1.54) is 29.7 Å². The van der Waals surface area contributed by atoms with Gasteiger partial charge in [0, 0.05) is 29.5 Å². The molecule has 28 heavy (non-hydrogen) atoms. The van der Waals surface area contributed by atoms with Crippen molar-refractivity contribution in [3.8, 4) is 5.75 Å². The minimum absolute atomic E-state index is 0.0411. The number of nitrogens with one attached hydrogen (secondary N) is 1. The largest absolute Gasteiger partial charge is 0.508 e. The molecule has 5 rings (SSSR count). The Morgan fingerprint density at radius 2 is 2.00 bits per heavy atom. The molecule has 4 atom stereocenters. The SMILES string of the molecule is CN1CC23Cc4ccc(O)cc4[C@](C)(C2)[C@@H](NCCc2ccc(Cl)c(Cl)c2)[C@H]13. The number of likely N-dealkylation sites (N-methyl/N-ethyl adjacent to an activating group) is 1. The van der Waals surface area contributed by atoms with Crippen LogP contribution in [0.5, 0.6) is 5.75 Å². The van der Waals surface area contributed by atoms with Crippen LogP contribution >= 0.6 is 23.2 Å². The average molecular weight is 417 g/mol. The second-order valence-corrected chi connectivity index (χ2v) is 10.1. The summed E-state index contributed by atoms with van der Waals surface area (Å²) in [6.07, 6.45) is 3.23. The van der Waals surface area contributed by atoms with Crippen molar-refractivity contribution < 1.29 is 5.11 Å². The number of hydrogen-bond donors (Lipinski definition) is 2. The summed E-state index contributed by atoms with van der Waals surface area (Å²) in [6, 6.07) is 12.8. The van der Waals surface area contributed by atoms with Gasteiger partial charge in [-0.1, -0.05) is 42.3 Å². The van der Waals surface area contributed by atoms with Crippen LogP contribution in [0.4, 0.5) is 0 Å². The van der Waals surface area contributed by atoms with Gasteiger partial charge in [-0.05, 0) is 73.8 Å². The van der Waals surface area contributed by atoms with Crippen molar-refractivity contribution in [1.29, 1.82) is 0 Å². The minimum atomic E-state index is 0.0411. The Bertz CT molecular complexity index is 948. The summed E-state index contributed by atoms with van der Waals surface area (Å²) < 4.78 is 0. The number of nitrogens with zero attached hydrogens (tertiary/aromatic N) is 1. The molecule has 0 aromatic heterocycles. The summed E-state index contributed by atoms with van der Waals surface area (Å²) in [5, 5.41) is 15.2. The lowest BCUT2D eigenvalue weighted by molar-refractivity contribution is -0.0419. The molecule has 2 fully saturated rings. The highest BCUT2D eigenvalue weighted by Crippen LogP contribution is 2.63. The van der Waals surface area contributed by atoms with Crippen molar-refractivity contribution in [2.24, 2.45) is 5.41 Å². The molecular formula is C23H26Cl2N2O.